The van der Waals surface area contributed by atoms with Crippen molar-refractivity contribution in [2.45, 2.75) is 55.6 Å². The van der Waals surface area contributed by atoms with Gasteiger partial charge in [-0.15, -0.1) is 0 Å². The first-order chi connectivity index (χ1) is 15.8. The maximum absolute atomic E-state index is 13.3. The first-order valence-corrected chi connectivity index (χ1v) is 13.2. The van der Waals surface area contributed by atoms with E-state index in [9.17, 15) is 18.3 Å². The van der Waals surface area contributed by atoms with Crippen LogP contribution in [0.5, 0.6) is 11.5 Å². The summed E-state index contributed by atoms with van der Waals surface area (Å²) >= 11 is 6.15. The van der Waals surface area contributed by atoms with Crippen molar-refractivity contribution < 1.29 is 23.1 Å². The van der Waals surface area contributed by atoms with Crippen LogP contribution in [0.15, 0.2) is 53.4 Å². The largest absolute Gasteiger partial charge is 0.456 e. The summed E-state index contributed by atoms with van der Waals surface area (Å²) in [6.07, 6.45) is 3.86. The van der Waals surface area contributed by atoms with Gasteiger partial charge < -0.3 is 15.2 Å². The van der Waals surface area contributed by atoms with Crippen LogP contribution in [0.1, 0.15) is 38.5 Å². The number of benzene rings is 2. The van der Waals surface area contributed by atoms with Crippen molar-refractivity contribution in [2.75, 3.05) is 13.1 Å². The molecule has 1 heterocycles. The Morgan fingerprint density at radius 1 is 1.06 bits per heavy atom. The number of carbonyl (C=O) groups excluding carboxylic acids is 1. The number of carbonyl (C=O) groups is 1. The third-order valence-corrected chi connectivity index (χ3v) is 8.48. The molecule has 33 heavy (non-hydrogen) atoms. The van der Waals surface area contributed by atoms with Gasteiger partial charge in [0.1, 0.15) is 11.5 Å². The van der Waals surface area contributed by atoms with Crippen LogP contribution in [0.2, 0.25) is 5.02 Å². The highest BCUT2D eigenvalue weighted by atomic mass is 35.5. The zero-order valence-corrected chi connectivity index (χ0v) is 19.9. The van der Waals surface area contributed by atoms with Gasteiger partial charge in [-0.25, -0.2) is 8.42 Å². The Kier molecular flexibility index (Phi) is 7.58. The summed E-state index contributed by atoms with van der Waals surface area (Å²) in [5.74, 6) is 0.323. The molecule has 2 aliphatic rings. The molecule has 2 aromatic rings. The molecule has 1 amide bonds. The summed E-state index contributed by atoms with van der Waals surface area (Å²) in [7, 11) is -3.79. The number of rotatable bonds is 6. The van der Waals surface area contributed by atoms with Crippen LogP contribution in [0.4, 0.5) is 0 Å². The topological polar surface area (TPSA) is 95.9 Å². The van der Waals surface area contributed by atoms with Crippen LogP contribution in [-0.2, 0) is 14.8 Å². The number of para-hydroxylation sites is 1. The second-order valence-electron chi connectivity index (χ2n) is 8.72. The van der Waals surface area contributed by atoms with E-state index in [1.165, 1.54) is 16.4 Å². The summed E-state index contributed by atoms with van der Waals surface area (Å²) in [4.78, 5) is 12.9. The van der Waals surface area contributed by atoms with Gasteiger partial charge in [-0.05, 0) is 62.8 Å². The van der Waals surface area contributed by atoms with Gasteiger partial charge in [0.2, 0.25) is 15.9 Å². The quantitative estimate of drug-likeness (QED) is 0.636. The molecule has 1 saturated carbocycles. The average molecular weight is 493 g/mol. The van der Waals surface area contributed by atoms with Crippen LogP contribution in [0.25, 0.3) is 0 Å². The molecule has 0 aromatic heterocycles. The first-order valence-electron chi connectivity index (χ1n) is 11.3. The number of nitrogens with one attached hydrogen (secondary N) is 1. The highest BCUT2D eigenvalue weighted by Gasteiger charge is 2.34. The number of aliphatic hydroxyl groups is 1. The highest BCUT2D eigenvalue weighted by Crippen LogP contribution is 2.31. The van der Waals surface area contributed by atoms with Crippen LogP contribution >= 0.6 is 11.6 Å². The lowest BCUT2D eigenvalue weighted by molar-refractivity contribution is -0.127. The molecule has 0 spiro atoms. The molecule has 9 heteroatoms. The normalized spacial score (nSPS) is 24.2. The van der Waals surface area contributed by atoms with E-state index in [2.05, 4.69) is 5.32 Å². The van der Waals surface area contributed by atoms with Crippen LogP contribution in [-0.4, -0.2) is 49.0 Å². The zero-order valence-electron chi connectivity index (χ0n) is 18.3. The van der Waals surface area contributed by atoms with Crippen molar-refractivity contribution in [3.8, 4) is 11.5 Å². The van der Waals surface area contributed by atoms with Crippen LogP contribution < -0.4 is 10.1 Å². The molecule has 1 aliphatic heterocycles. The van der Waals surface area contributed by atoms with Crippen molar-refractivity contribution in [1.82, 2.24) is 9.62 Å². The maximum Gasteiger partial charge on any atom is 0.243 e. The maximum atomic E-state index is 13.3. The van der Waals surface area contributed by atoms with Gasteiger partial charge in [0, 0.05) is 25.2 Å². The molecular formula is C24H29ClN2O5S. The standard InChI is InChI=1S/C24H29ClN2O5S/c25-22-8-1-2-9-23(22)32-20-6-3-7-21(15-20)33(30,31)27-14-4-5-17(16-27)24(29)26-18-10-12-19(28)13-11-18/h1-3,6-9,15,17-19,28H,4-5,10-14,16H2,(H,26,29). The van der Waals surface area contributed by atoms with E-state index < -0.39 is 10.0 Å². The third-order valence-electron chi connectivity index (χ3n) is 6.31. The molecule has 0 radical (unpaired) electrons. The summed E-state index contributed by atoms with van der Waals surface area (Å²) in [6, 6.07) is 13.4. The van der Waals surface area contributed by atoms with Crippen molar-refractivity contribution in [2.24, 2.45) is 5.92 Å². The zero-order chi connectivity index (χ0) is 23.4. The van der Waals surface area contributed by atoms with Gasteiger partial charge in [0.15, 0.2) is 0 Å². The molecule has 1 unspecified atom stereocenters. The van der Waals surface area contributed by atoms with E-state index in [1.807, 2.05) is 0 Å². The number of hydrogen-bond donors (Lipinski definition) is 2. The van der Waals surface area contributed by atoms with Gasteiger partial charge in [-0.3, -0.25) is 4.79 Å². The highest BCUT2D eigenvalue weighted by molar-refractivity contribution is 7.89. The second kappa shape index (κ2) is 10.4. The first kappa shape index (κ1) is 24.0. The fourth-order valence-corrected chi connectivity index (χ4v) is 6.15. The van der Waals surface area contributed by atoms with Gasteiger partial charge in [-0.1, -0.05) is 29.8 Å². The van der Waals surface area contributed by atoms with E-state index in [0.717, 1.165) is 12.8 Å². The molecule has 178 valence electrons. The number of piperidine rings is 1. The number of ether oxygens (including phenoxy) is 1. The average Bonchev–Trinajstić information content (AvgIpc) is 2.82. The van der Waals surface area contributed by atoms with Gasteiger partial charge in [0.05, 0.1) is 21.9 Å². The van der Waals surface area contributed by atoms with E-state index in [0.29, 0.717) is 48.7 Å². The Bertz CT molecular complexity index is 1090. The number of halogens is 1. The fraction of sp³-hybridized carbons (Fsp3) is 0.458. The molecule has 1 aliphatic carbocycles. The van der Waals surface area contributed by atoms with E-state index in [4.69, 9.17) is 16.3 Å². The Hall–Kier alpha value is -2.13. The summed E-state index contributed by atoms with van der Waals surface area (Å²) in [6.45, 7) is 0.524. The fourth-order valence-electron chi connectivity index (χ4n) is 4.42. The molecule has 2 aromatic carbocycles. The van der Waals surface area contributed by atoms with Gasteiger partial charge in [0.25, 0.3) is 0 Å². The summed E-state index contributed by atoms with van der Waals surface area (Å²) < 4.78 is 33.9. The number of amides is 1. The number of nitrogens with zero attached hydrogens (tertiary/aromatic N) is 1. The monoisotopic (exact) mass is 492 g/mol. The lowest BCUT2D eigenvalue weighted by Gasteiger charge is -2.33. The minimum atomic E-state index is -3.79. The Balaban J connectivity index is 1.43. The Morgan fingerprint density at radius 2 is 1.82 bits per heavy atom. The smallest absolute Gasteiger partial charge is 0.243 e. The molecule has 7 nitrogen and oxygen atoms in total. The minimum absolute atomic E-state index is 0.0477. The van der Waals surface area contributed by atoms with E-state index >= 15 is 0 Å². The SMILES string of the molecule is O=C(NC1CCC(O)CC1)C1CCCN(S(=O)(=O)c2cccc(Oc3ccccc3Cl)c2)C1. The van der Waals surface area contributed by atoms with Gasteiger partial charge >= 0.3 is 0 Å². The van der Waals surface area contributed by atoms with Crippen LogP contribution in [0.3, 0.4) is 0 Å². The summed E-state index contributed by atoms with van der Waals surface area (Å²) in [5, 5.41) is 13.1. The predicted molar refractivity (Wildman–Crippen MR) is 126 cm³/mol. The van der Waals surface area contributed by atoms with Crippen LogP contribution in [0, 0.1) is 5.92 Å². The lowest BCUT2D eigenvalue weighted by atomic mass is 9.92. The second-order valence-corrected chi connectivity index (χ2v) is 11.1. The van der Waals surface area contributed by atoms with E-state index in [1.54, 1.807) is 36.4 Å². The Morgan fingerprint density at radius 3 is 2.58 bits per heavy atom. The molecule has 4 rings (SSSR count). The van der Waals surface area contributed by atoms with Crippen molar-refractivity contribution in [3.63, 3.8) is 0 Å². The third kappa shape index (κ3) is 5.87. The molecule has 1 atom stereocenters. The van der Waals surface area contributed by atoms with Crippen molar-refractivity contribution in [3.05, 3.63) is 53.6 Å². The predicted octanol–water partition coefficient (Wildman–Crippen LogP) is 3.95. The lowest BCUT2D eigenvalue weighted by Crippen LogP contribution is -2.48. The van der Waals surface area contributed by atoms with Crippen molar-refractivity contribution in [1.29, 1.82) is 0 Å². The van der Waals surface area contributed by atoms with Gasteiger partial charge in [-0.2, -0.15) is 4.31 Å². The number of sulfonamides is 1. The minimum Gasteiger partial charge on any atom is -0.456 e. The summed E-state index contributed by atoms with van der Waals surface area (Å²) in [5.41, 5.74) is 0. The molecule has 2 N–H and O–H groups in total. The van der Waals surface area contributed by atoms with Crippen molar-refractivity contribution >= 4 is 27.5 Å². The number of aliphatic hydroxyl groups excluding tert-OH is 1. The molecular weight excluding hydrogens is 464 g/mol. The Labute approximate surface area is 199 Å². The molecule has 0 bridgehead atoms. The number of hydrogen-bond acceptors (Lipinski definition) is 5. The molecule has 2 fully saturated rings. The van der Waals surface area contributed by atoms with E-state index in [-0.39, 0.29) is 35.4 Å². The molecule has 1 saturated heterocycles.